The van der Waals surface area contributed by atoms with Gasteiger partial charge in [-0.15, -0.1) is 0 Å². The van der Waals surface area contributed by atoms with Gasteiger partial charge in [0, 0.05) is 43.2 Å². The Morgan fingerprint density at radius 2 is 1.54 bits per heavy atom. The maximum atomic E-state index is 15.0. The van der Waals surface area contributed by atoms with E-state index in [-0.39, 0.29) is 51.7 Å². The van der Waals surface area contributed by atoms with Crippen molar-refractivity contribution in [3.8, 4) is 0 Å². The average Bonchev–Trinajstić information content (AvgIpc) is 3.62. The number of benzene rings is 3. The number of carbonyl (C=O) groups excluding carboxylic acids is 6. The smallest absolute Gasteiger partial charge is 0.312 e. The lowest BCUT2D eigenvalue weighted by atomic mass is 9.71. The minimum absolute atomic E-state index is 0.0104. The van der Waals surface area contributed by atoms with Crippen LogP contribution >= 0.6 is 0 Å². The number of amides is 7. The minimum Gasteiger partial charge on any atom is -0.368 e. The Labute approximate surface area is 330 Å². The third kappa shape index (κ3) is 10.5. The van der Waals surface area contributed by atoms with E-state index < -0.39 is 65.8 Å². The Kier molecular flexibility index (Phi) is 14.4. The highest BCUT2D eigenvalue weighted by atomic mass is 19.1. The van der Waals surface area contributed by atoms with Crippen molar-refractivity contribution in [3.63, 3.8) is 0 Å². The molecule has 1 unspecified atom stereocenters. The Morgan fingerprint density at radius 3 is 2.25 bits per heavy atom. The number of halogens is 1. The zero-order valence-electron chi connectivity index (χ0n) is 32.0. The first-order valence-corrected chi connectivity index (χ1v) is 19.2. The van der Waals surface area contributed by atoms with Gasteiger partial charge in [0.1, 0.15) is 17.6 Å². The van der Waals surface area contributed by atoms with Gasteiger partial charge in [-0.1, -0.05) is 78.4 Å². The van der Waals surface area contributed by atoms with E-state index in [0.29, 0.717) is 24.0 Å². The molecular weight excluding hydrogens is 732 g/mol. The number of urea groups is 1. The predicted octanol–water partition coefficient (Wildman–Crippen LogP) is 2.82. The first-order chi connectivity index (χ1) is 27.4. The summed E-state index contributed by atoms with van der Waals surface area (Å²) in [5, 5.41) is 11.5. The fraction of sp³-hybridized carbons (Fsp3) is 0.381. The van der Waals surface area contributed by atoms with Crippen molar-refractivity contribution < 1.29 is 33.2 Å². The van der Waals surface area contributed by atoms with Crippen LogP contribution in [0.3, 0.4) is 0 Å². The molecule has 9 N–H and O–H groups in total. The molecule has 3 aromatic carbocycles. The second kappa shape index (κ2) is 19.6. The molecule has 302 valence electrons. The summed E-state index contributed by atoms with van der Waals surface area (Å²) in [4.78, 5) is 86.1. The molecule has 7 amide bonds. The van der Waals surface area contributed by atoms with Gasteiger partial charge in [0.2, 0.25) is 23.6 Å². The standard InChI is InChI=1S/C42H51FN8O6/c1-27-15-17-29(18-16-27)25-48-38(54)34(14-9-20-46-41(45)57)50-37(53)32(23-30-26-47-33-13-6-5-12-31(30)33)42(40(44)56)19-7-8-21-51(42)39(55)35(49-36(52)24-43)22-28-10-3-2-4-11-28/h2-6,10-13,15-18,26,32,34-35,47H,7-9,14,19-25H2,1H3,(H2,44,56)(H,48,54)(H,49,52)(H,50,53)(H3,45,46,57)/t32-,34+,35+,42?/m1/s1. The molecule has 0 aliphatic carbocycles. The highest BCUT2D eigenvalue weighted by Crippen LogP contribution is 2.39. The minimum atomic E-state index is -1.93. The van der Waals surface area contributed by atoms with Crippen molar-refractivity contribution in [2.45, 2.75) is 76.0 Å². The number of nitrogens with one attached hydrogen (secondary N) is 5. The molecule has 15 heteroatoms. The van der Waals surface area contributed by atoms with Gasteiger partial charge in [-0.25, -0.2) is 9.18 Å². The number of primary amides is 2. The van der Waals surface area contributed by atoms with Crippen LogP contribution in [0, 0.1) is 12.8 Å². The number of fused-ring (bicyclic) bond motifs is 1. The van der Waals surface area contributed by atoms with Crippen LogP contribution in [-0.2, 0) is 43.4 Å². The molecule has 0 spiro atoms. The second-order valence-corrected chi connectivity index (χ2v) is 14.5. The molecular formula is C42H51FN8O6. The summed E-state index contributed by atoms with van der Waals surface area (Å²) in [6.45, 7) is 0.907. The fourth-order valence-corrected chi connectivity index (χ4v) is 7.64. The van der Waals surface area contributed by atoms with Crippen LogP contribution in [0.4, 0.5) is 9.18 Å². The van der Waals surface area contributed by atoms with Gasteiger partial charge in [-0.3, -0.25) is 24.0 Å². The number of para-hydroxylation sites is 1. The van der Waals surface area contributed by atoms with Crippen LogP contribution in [0.15, 0.2) is 85.1 Å². The summed E-state index contributed by atoms with van der Waals surface area (Å²) in [5.74, 6) is -5.18. The van der Waals surface area contributed by atoms with Crippen molar-refractivity contribution in [2.24, 2.45) is 17.4 Å². The van der Waals surface area contributed by atoms with E-state index in [0.717, 1.165) is 22.0 Å². The van der Waals surface area contributed by atoms with Crippen LogP contribution in [0.5, 0.6) is 0 Å². The van der Waals surface area contributed by atoms with E-state index in [1.165, 1.54) is 4.90 Å². The molecule has 1 aliphatic rings. The molecule has 0 bridgehead atoms. The topological polar surface area (TPSA) is 222 Å². The van der Waals surface area contributed by atoms with Crippen molar-refractivity contribution in [3.05, 3.63) is 107 Å². The second-order valence-electron chi connectivity index (χ2n) is 14.5. The van der Waals surface area contributed by atoms with E-state index in [4.69, 9.17) is 11.5 Å². The molecule has 5 rings (SSSR count). The number of aromatic nitrogens is 1. The number of carbonyl (C=O) groups is 6. The van der Waals surface area contributed by atoms with Crippen LogP contribution in [0.25, 0.3) is 10.9 Å². The number of rotatable bonds is 18. The largest absolute Gasteiger partial charge is 0.368 e. The summed E-state index contributed by atoms with van der Waals surface area (Å²) >= 11 is 0. The molecule has 14 nitrogen and oxygen atoms in total. The molecule has 1 aromatic heterocycles. The molecule has 4 atom stereocenters. The molecule has 1 fully saturated rings. The normalized spacial score (nSPS) is 16.8. The zero-order valence-corrected chi connectivity index (χ0v) is 32.0. The van der Waals surface area contributed by atoms with Gasteiger partial charge < -0.3 is 42.6 Å². The van der Waals surface area contributed by atoms with Gasteiger partial charge in [0.05, 0.1) is 5.92 Å². The van der Waals surface area contributed by atoms with Crippen molar-refractivity contribution >= 4 is 46.5 Å². The number of hydrogen-bond acceptors (Lipinski definition) is 6. The number of piperidine rings is 1. The fourth-order valence-electron chi connectivity index (χ4n) is 7.64. The number of aromatic amines is 1. The van der Waals surface area contributed by atoms with E-state index in [2.05, 4.69) is 26.3 Å². The van der Waals surface area contributed by atoms with Crippen LogP contribution in [0.1, 0.15) is 54.4 Å². The van der Waals surface area contributed by atoms with Gasteiger partial charge in [0.15, 0.2) is 6.67 Å². The predicted molar refractivity (Wildman–Crippen MR) is 213 cm³/mol. The number of nitrogens with zero attached hydrogens (tertiary/aromatic N) is 1. The monoisotopic (exact) mass is 782 g/mol. The van der Waals surface area contributed by atoms with E-state index in [1.54, 1.807) is 36.5 Å². The van der Waals surface area contributed by atoms with Crippen LogP contribution in [-0.4, -0.2) is 82.8 Å². The molecule has 2 heterocycles. The zero-order chi connectivity index (χ0) is 41.0. The van der Waals surface area contributed by atoms with Gasteiger partial charge in [-0.05, 0) is 68.2 Å². The van der Waals surface area contributed by atoms with E-state index in [9.17, 15) is 33.2 Å². The first kappa shape index (κ1) is 41.9. The van der Waals surface area contributed by atoms with E-state index >= 15 is 0 Å². The third-order valence-electron chi connectivity index (χ3n) is 10.6. The summed E-state index contributed by atoms with van der Waals surface area (Å²) in [5.41, 5.74) is 13.7. The lowest BCUT2D eigenvalue weighted by molar-refractivity contribution is -0.160. The molecule has 57 heavy (non-hydrogen) atoms. The SMILES string of the molecule is Cc1ccc(CNC(=O)[C@H](CCCNC(N)=O)NC(=O)[C@@H](Cc2c[nH]c3ccccc23)C2(C(N)=O)CCCCN2C(=O)[C@H](Cc2ccccc2)NC(=O)CF)cc1. The average molecular weight is 783 g/mol. The van der Waals surface area contributed by atoms with Crippen molar-refractivity contribution in [1.82, 2.24) is 31.2 Å². The van der Waals surface area contributed by atoms with Gasteiger partial charge in [-0.2, -0.15) is 0 Å². The maximum Gasteiger partial charge on any atom is 0.312 e. The summed E-state index contributed by atoms with van der Waals surface area (Å²) in [7, 11) is 0. The Balaban J connectivity index is 1.54. The van der Waals surface area contributed by atoms with Gasteiger partial charge in [0.25, 0.3) is 5.91 Å². The summed E-state index contributed by atoms with van der Waals surface area (Å²) < 4.78 is 13.6. The van der Waals surface area contributed by atoms with Crippen LogP contribution in [0.2, 0.25) is 0 Å². The third-order valence-corrected chi connectivity index (χ3v) is 10.6. The van der Waals surface area contributed by atoms with Gasteiger partial charge >= 0.3 is 6.03 Å². The number of alkyl halides is 1. The highest BCUT2D eigenvalue weighted by Gasteiger charge is 2.56. The Bertz CT molecular complexity index is 2040. The summed E-state index contributed by atoms with van der Waals surface area (Å²) in [6.07, 6.45) is 2.92. The maximum absolute atomic E-state index is 15.0. The van der Waals surface area contributed by atoms with E-state index in [1.807, 2.05) is 55.5 Å². The number of aryl methyl sites for hydroxylation is 1. The Hall–Kier alpha value is -6.25. The molecule has 0 radical (unpaired) electrons. The summed E-state index contributed by atoms with van der Waals surface area (Å²) in [6, 6.07) is 20.7. The number of H-pyrrole nitrogens is 1. The van der Waals surface area contributed by atoms with Crippen molar-refractivity contribution in [2.75, 3.05) is 19.8 Å². The molecule has 0 saturated carbocycles. The molecule has 1 saturated heterocycles. The highest BCUT2D eigenvalue weighted by molar-refractivity contribution is 6.00. The Morgan fingerprint density at radius 1 is 0.825 bits per heavy atom. The molecule has 4 aromatic rings. The molecule has 1 aliphatic heterocycles. The number of likely N-dealkylation sites (tertiary alicyclic amines) is 1. The van der Waals surface area contributed by atoms with Crippen LogP contribution < -0.4 is 32.7 Å². The number of nitrogens with two attached hydrogens (primary N) is 2. The van der Waals surface area contributed by atoms with Crippen molar-refractivity contribution in [1.29, 1.82) is 0 Å². The lowest BCUT2D eigenvalue weighted by Crippen LogP contribution is -2.71. The quantitative estimate of drug-likeness (QED) is 0.0752. The lowest BCUT2D eigenvalue weighted by Gasteiger charge is -2.50. The number of hydrogen-bond donors (Lipinski definition) is 7. The first-order valence-electron chi connectivity index (χ1n) is 19.2.